The molecule has 2 N–H and O–H groups in total. The van der Waals surface area contributed by atoms with Gasteiger partial charge in [-0.3, -0.25) is 14.4 Å². The molecule has 0 bridgehead atoms. The molecule has 1 aliphatic carbocycles. The standard InChI is InChI=1S/C18H22N2O7/c1-25-13-6-7-19-14(15(13)21)16(22)20-10-8-26-17(23)11-4-2-3-5-12(11)18(24)27-9-10/h6-7,10-12,21H,2-5,8-9H2,1H3,(H,20,22). The Morgan fingerprint density at radius 1 is 1.19 bits per heavy atom. The van der Waals surface area contributed by atoms with Crippen molar-refractivity contribution in [3.63, 3.8) is 0 Å². The number of carbonyl (C=O) groups is 3. The summed E-state index contributed by atoms with van der Waals surface area (Å²) < 4.78 is 15.6. The predicted octanol–water partition coefficient (Wildman–Crippen LogP) is 0.801. The van der Waals surface area contributed by atoms with E-state index < -0.39 is 41.5 Å². The minimum absolute atomic E-state index is 0.103. The van der Waals surface area contributed by atoms with Gasteiger partial charge in [0.15, 0.2) is 17.2 Å². The highest BCUT2D eigenvalue weighted by atomic mass is 16.6. The molecule has 1 saturated heterocycles. The van der Waals surface area contributed by atoms with Crippen molar-refractivity contribution in [3.8, 4) is 11.5 Å². The van der Waals surface area contributed by atoms with Crippen molar-refractivity contribution in [2.24, 2.45) is 11.8 Å². The van der Waals surface area contributed by atoms with Gasteiger partial charge in [-0.15, -0.1) is 0 Å². The Morgan fingerprint density at radius 2 is 1.78 bits per heavy atom. The maximum Gasteiger partial charge on any atom is 0.309 e. The van der Waals surface area contributed by atoms with Crippen LogP contribution in [0.2, 0.25) is 0 Å². The van der Waals surface area contributed by atoms with Gasteiger partial charge < -0.3 is 24.6 Å². The maximum absolute atomic E-state index is 12.4. The van der Waals surface area contributed by atoms with Crippen LogP contribution in [0, 0.1) is 11.8 Å². The maximum atomic E-state index is 12.4. The Morgan fingerprint density at radius 3 is 2.33 bits per heavy atom. The van der Waals surface area contributed by atoms with E-state index in [0.717, 1.165) is 12.8 Å². The second-order valence-corrected chi connectivity index (χ2v) is 6.64. The number of esters is 2. The molecule has 1 aliphatic heterocycles. The Labute approximate surface area is 156 Å². The first-order chi connectivity index (χ1) is 13.0. The first-order valence-electron chi connectivity index (χ1n) is 8.87. The highest BCUT2D eigenvalue weighted by Gasteiger charge is 2.39. The van der Waals surface area contributed by atoms with Crippen LogP contribution in [0.4, 0.5) is 0 Å². The van der Waals surface area contributed by atoms with E-state index in [1.54, 1.807) is 0 Å². The third-order valence-electron chi connectivity index (χ3n) is 4.88. The number of carbonyl (C=O) groups excluding carboxylic acids is 3. The fraction of sp³-hybridized carbons (Fsp3) is 0.556. The molecule has 2 atom stereocenters. The van der Waals surface area contributed by atoms with Gasteiger partial charge in [0, 0.05) is 12.3 Å². The monoisotopic (exact) mass is 378 g/mol. The number of hydrogen-bond acceptors (Lipinski definition) is 8. The highest BCUT2D eigenvalue weighted by Crippen LogP contribution is 2.33. The first kappa shape index (κ1) is 18.9. The number of nitrogens with one attached hydrogen (secondary N) is 1. The van der Waals surface area contributed by atoms with Crippen LogP contribution in [-0.2, 0) is 19.1 Å². The van der Waals surface area contributed by atoms with E-state index in [2.05, 4.69) is 10.3 Å². The Hall–Kier alpha value is -2.84. The van der Waals surface area contributed by atoms with Crippen LogP contribution in [0.3, 0.4) is 0 Å². The number of aromatic hydroxyl groups is 1. The lowest BCUT2D eigenvalue weighted by atomic mass is 9.79. The van der Waals surface area contributed by atoms with Gasteiger partial charge in [0.25, 0.3) is 5.91 Å². The summed E-state index contributed by atoms with van der Waals surface area (Å²) in [6.45, 7) is -0.266. The van der Waals surface area contributed by atoms with Crippen molar-refractivity contribution < 1.29 is 33.7 Å². The van der Waals surface area contributed by atoms with Gasteiger partial charge >= 0.3 is 11.9 Å². The van der Waals surface area contributed by atoms with Crippen molar-refractivity contribution in [1.82, 2.24) is 10.3 Å². The number of pyridine rings is 1. The smallest absolute Gasteiger partial charge is 0.309 e. The lowest BCUT2D eigenvalue weighted by Gasteiger charge is -2.26. The number of fused-ring (bicyclic) bond motifs is 1. The zero-order valence-corrected chi connectivity index (χ0v) is 15.0. The zero-order valence-electron chi connectivity index (χ0n) is 15.0. The predicted molar refractivity (Wildman–Crippen MR) is 91.1 cm³/mol. The van der Waals surface area contributed by atoms with Crippen LogP contribution in [-0.4, -0.2) is 54.3 Å². The van der Waals surface area contributed by atoms with Crippen molar-refractivity contribution in [2.45, 2.75) is 31.7 Å². The number of cyclic esters (lactones) is 2. The Bertz CT molecular complexity index is 708. The molecule has 2 aliphatic rings. The number of methoxy groups -OCH3 is 1. The van der Waals surface area contributed by atoms with E-state index in [1.165, 1.54) is 19.4 Å². The van der Waals surface area contributed by atoms with Crippen molar-refractivity contribution in [1.29, 1.82) is 0 Å². The highest BCUT2D eigenvalue weighted by molar-refractivity contribution is 5.95. The SMILES string of the molecule is COc1ccnc(C(=O)NC2COC(=O)C3CCCCC3C(=O)OC2)c1O. The molecule has 1 aromatic heterocycles. The summed E-state index contributed by atoms with van der Waals surface area (Å²) in [5, 5.41) is 12.6. The average Bonchev–Trinajstić information content (AvgIpc) is 2.74. The molecule has 2 heterocycles. The quantitative estimate of drug-likeness (QED) is 0.740. The molecule has 146 valence electrons. The molecule has 27 heavy (non-hydrogen) atoms. The molecule has 9 heteroatoms. The zero-order chi connectivity index (χ0) is 19.4. The lowest BCUT2D eigenvalue weighted by Crippen LogP contribution is -2.42. The van der Waals surface area contributed by atoms with E-state index in [0.29, 0.717) is 12.8 Å². The average molecular weight is 378 g/mol. The van der Waals surface area contributed by atoms with Gasteiger partial charge in [0.1, 0.15) is 13.2 Å². The summed E-state index contributed by atoms with van der Waals surface area (Å²) in [4.78, 5) is 40.9. The second-order valence-electron chi connectivity index (χ2n) is 6.64. The van der Waals surface area contributed by atoms with Gasteiger partial charge in [-0.1, -0.05) is 12.8 Å². The van der Waals surface area contributed by atoms with Gasteiger partial charge in [-0.05, 0) is 12.8 Å². The molecule has 9 nitrogen and oxygen atoms in total. The summed E-state index contributed by atoms with van der Waals surface area (Å²) in [7, 11) is 1.35. The summed E-state index contributed by atoms with van der Waals surface area (Å²) in [6.07, 6.45) is 4.24. The molecule has 0 radical (unpaired) electrons. The summed E-state index contributed by atoms with van der Waals surface area (Å²) in [5.74, 6) is -2.87. The molecule has 3 rings (SSSR count). The van der Waals surface area contributed by atoms with Gasteiger partial charge in [0.2, 0.25) is 0 Å². The third-order valence-corrected chi connectivity index (χ3v) is 4.88. The van der Waals surface area contributed by atoms with Crippen LogP contribution < -0.4 is 10.1 Å². The van der Waals surface area contributed by atoms with Crippen LogP contribution in [0.25, 0.3) is 0 Å². The van der Waals surface area contributed by atoms with Crippen LogP contribution >= 0.6 is 0 Å². The molecule has 2 unspecified atom stereocenters. The summed E-state index contributed by atoms with van der Waals surface area (Å²) >= 11 is 0. The van der Waals surface area contributed by atoms with Gasteiger partial charge in [0.05, 0.1) is 25.0 Å². The molecule has 1 aromatic rings. The van der Waals surface area contributed by atoms with E-state index in [9.17, 15) is 19.5 Å². The van der Waals surface area contributed by atoms with Crippen molar-refractivity contribution in [2.75, 3.05) is 20.3 Å². The number of nitrogens with zero attached hydrogens (tertiary/aromatic N) is 1. The fourth-order valence-electron chi connectivity index (χ4n) is 3.43. The minimum atomic E-state index is -0.752. The van der Waals surface area contributed by atoms with Crippen LogP contribution in [0.15, 0.2) is 12.3 Å². The van der Waals surface area contributed by atoms with E-state index >= 15 is 0 Å². The van der Waals surface area contributed by atoms with Crippen molar-refractivity contribution >= 4 is 17.8 Å². The topological polar surface area (TPSA) is 124 Å². The number of aromatic nitrogens is 1. The molecule has 1 amide bonds. The Balaban J connectivity index is 1.71. The molecular weight excluding hydrogens is 356 g/mol. The van der Waals surface area contributed by atoms with E-state index in [-0.39, 0.29) is 24.7 Å². The Kier molecular flexibility index (Phi) is 5.78. The summed E-state index contributed by atoms with van der Waals surface area (Å²) in [6, 6.07) is 0.662. The number of hydrogen-bond donors (Lipinski definition) is 2. The molecule has 1 saturated carbocycles. The first-order valence-corrected chi connectivity index (χ1v) is 8.87. The normalized spacial score (nSPS) is 25.7. The summed E-state index contributed by atoms with van der Waals surface area (Å²) in [5.41, 5.74) is -0.236. The molecule has 0 aromatic carbocycles. The second kappa shape index (κ2) is 8.24. The third kappa shape index (κ3) is 4.12. The van der Waals surface area contributed by atoms with E-state index in [4.69, 9.17) is 14.2 Å². The minimum Gasteiger partial charge on any atom is -0.503 e. The fourth-order valence-corrected chi connectivity index (χ4v) is 3.43. The lowest BCUT2D eigenvalue weighted by molar-refractivity contribution is -0.159. The molecular formula is C18H22N2O7. The van der Waals surface area contributed by atoms with Gasteiger partial charge in [-0.25, -0.2) is 4.98 Å². The molecule has 2 fully saturated rings. The van der Waals surface area contributed by atoms with Crippen molar-refractivity contribution in [3.05, 3.63) is 18.0 Å². The number of amides is 1. The van der Waals surface area contributed by atoms with Crippen LogP contribution in [0.5, 0.6) is 11.5 Å². The number of rotatable bonds is 3. The van der Waals surface area contributed by atoms with E-state index in [1.807, 2.05) is 0 Å². The largest absolute Gasteiger partial charge is 0.503 e. The van der Waals surface area contributed by atoms with Gasteiger partial charge in [-0.2, -0.15) is 0 Å². The number of ether oxygens (including phenoxy) is 3. The van der Waals surface area contributed by atoms with Crippen LogP contribution in [0.1, 0.15) is 36.2 Å². The molecule has 0 spiro atoms.